The molecule has 0 atom stereocenters. The number of benzene rings is 3. The number of hydrogen-bond acceptors (Lipinski definition) is 6. The third kappa shape index (κ3) is 7.54. The highest BCUT2D eigenvalue weighted by Crippen LogP contribution is 2.28. The van der Waals surface area contributed by atoms with Gasteiger partial charge in [0, 0.05) is 28.3 Å². The quantitative estimate of drug-likeness (QED) is 0.303. The molecule has 176 valence electrons. The molecule has 0 heterocycles. The summed E-state index contributed by atoms with van der Waals surface area (Å²) in [5.74, 6) is -0.251. The fourth-order valence-corrected chi connectivity index (χ4v) is 3.90. The van der Waals surface area contributed by atoms with Crippen LogP contribution in [-0.2, 0) is 20.1 Å². The molecule has 2 amide bonds. The predicted octanol–water partition coefficient (Wildman–Crippen LogP) is 5.39. The first-order valence-electron chi connectivity index (χ1n) is 10.2. The van der Waals surface area contributed by atoms with Gasteiger partial charge in [0.15, 0.2) is 6.61 Å². The van der Waals surface area contributed by atoms with Gasteiger partial charge in [-0.2, -0.15) is 0 Å². The van der Waals surface area contributed by atoms with Crippen molar-refractivity contribution in [1.82, 2.24) is 0 Å². The molecule has 7 nitrogen and oxygen atoms in total. The van der Waals surface area contributed by atoms with Gasteiger partial charge in [-0.05, 0) is 60.2 Å². The summed E-state index contributed by atoms with van der Waals surface area (Å²) in [6, 6.07) is 19.4. The Labute approximate surface area is 206 Å². The number of amides is 2. The van der Waals surface area contributed by atoms with Crippen molar-refractivity contribution in [2.45, 2.75) is 17.6 Å². The first-order valence-corrected chi connectivity index (χ1v) is 11.6. The molecule has 0 aliphatic heterocycles. The number of carbonyl (C=O) groups is 3. The topological polar surface area (TPSA) is 93.7 Å². The van der Waals surface area contributed by atoms with Gasteiger partial charge in [0.1, 0.15) is 5.75 Å². The molecule has 0 aromatic heterocycles. The summed E-state index contributed by atoms with van der Waals surface area (Å²) in [4.78, 5) is 37.0. The van der Waals surface area contributed by atoms with Crippen molar-refractivity contribution in [3.8, 4) is 5.75 Å². The zero-order chi connectivity index (χ0) is 24.5. The molecule has 0 saturated heterocycles. The molecule has 9 heteroatoms. The standard InChI is InChI=1S/C25H23ClN2O5S/c1-16(29)27-20-9-12-23(32-2)22(13-20)28-24(30)14-33-25(31)18-5-3-17(4-6-18)15-34-21-10-7-19(26)8-11-21/h3-13H,14-15H2,1-2H3,(H,27,29)(H,28,30). The molecule has 0 spiro atoms. The molecule has 0 saturated carbocycles. The Morgan fingerprint density at radius 2 is 1.65 bits per heavy atom. The smallest absolute Gasteiger partial charge is 0.338 e. The summed E-state index contributed by atoms with van der Waals surface area (Å²) < 4.78 is 10.4. The predicted molar refractivity (Wildman–Crippen MR) is 134 cm³/mol. The van der Waals surface area contributed by atoms with E-state index in [-0.39, 0.29) is 5.91 Å². The Morgan fingerprint density at radius 3 is 2.29 bits per heavy atom. The lowest BCUT2D eigenvalue weighted by Gasteiger charge is -2.12. The van der Waals surface area contributed by atoms with E-state index in [4.69, 9.17) is 21.1 Å². The van der Waals surface area contributed by atoms with Gasteiger partial charge in [0.25, 0.3) is 5.91 Å². The van der Waals surface area contributed by atoms with Crippen LogP contribution < -0.4 is 15.4 Å². The number of methoxy groups -OCH3 is 1. The molecule has 0 unspecified atom stereocenters. The molecule has 0 bridgehead atoms. The second-order valence-corrected chi connectivity index (χ2v) is 8.65. The third-order valence-corrected chi connectivity index (χ3v) is 5.87. The van der Waals surface area contributed by atoms with Gasteiger partial charge >= 0.3 is 5.97 Å². The van der Waals surface area contributed by atoms with E-state index in [9.17, 15) is 14.4 Å². The lowest BCUT2D eigenvalue weighted by Crippen LogP contribution is -2.21. The summed E-state index contributed by atoms with van der Waals surface area (Å²) in [6.07, 6.45) is 0. The van der Waals surface area contributed by atoms with Crippen molar-refractivity contribution >= 4 is 52.5 Å². The van der Waals surface area contributed by atoms with E-state index in [0.29, 0.717) is 27.7 Å². The summed E-state index contributed by atoms with van der Waals surface area (Å²) >= 11 is 7.56. The van der Waals surface area contributed by atoms with E-state index in [1.165, 1.54) is 14.0 Å². The van der Waals surface area contributed by atoms with E-state index < -0.39 is 18.5 Å². The maximum Gasteiger partial charge on any atom is 0.338 e. The molecule has 0 radical (unpaired) electrons. The van der Waals surface area contributed by atoms with Crippen molar-refractivity contribution in [3.05, 3.63) is 82.9 Å². The second-order valence-electron chi connectivity index (χ2n) is 7.16. The Kier molecular flexibility index (Phi) is 8.95. The van der Waals surface area contributed by atoms with Crippen molar-refractivity contribution in [2.75, 3.05) is 24.4 Å². The van der Waals surface area contributed by atoms with Crippen LogP contribution in [-0.4, -0.2) is 31.5 Å². The molecule has 2 N–H and O–H groups in total. The molecule has 3 rings (SSSR count). The Bertz CT molecular complexity index is 1170. The van der Waals surface area contributed by atoms with E-state index in [1.54, 1.807) is 42.1 Å². The summed E-state index contributed by atoms with van der Waals surface area (Å²) in [5, 5.41) is 5.94. The van der Waals surface area contributed by atoms with Crippen LogP contribution in [0.5, 0.6) is 5.75 Å². The molecule has 0 fully saturated rings. The summed E-state index contributed by atoms with van der Waals surface area (Å²) in [6.45, 7) is 0.910. The van der Waals surface area contributed by atoms with Crippen molar-refractivity contribution in [1.29, 1.82) is 0 Å². The zero-order valence-electron chi connectivity index (χ0n) is 18.6. The van der Waals surface area contributed by atoms with Crippen LogP contribution in [0, 0.1) is 0 Å². The number of halogens is 1. The fourth-order valence-electron chi connectivity index (χ4n) is 2.92. The molecular weight excluding hydrogens is 476 g/mol. The SMILES string of the molecule is COc1ccc(NC(C)=O)cc1NC(=O)COC(=O)c1ccc(CSc2ccc(Cl)cc2)cc1. The van der Waals surface area contributed by atoms with Crippen LogP contribution in [0.2, 0.25) is 5.02 Å². The average Bonchev–Trinajstić information content (AvgIpc) is 2.82. The normalized spacial score (nSPS) is 10.3. The Hall–Kier alpha value is -3.49. The average molecular weight is 499 g/mol. The minimum atomic E-state index is -0.606. The van der Waals surface area contributed by atoms with Gasteiger partial charge in [0.05, 0.1) is 18.4 Å². The molecule has 3 aromatic rings. The van der Waals surface area contributed by atoms with E-state index in [0.717, 1.165) is 16.2 Å². The van der Waals surface area contributed by atoms with Gasteiger partial charge in [-0.15, -0.1) is 11.8 Å². The van der Waals surface area contributed by atoms with Crippen LogP contribution in [0.15, 0.2) is 71.6 Å². The highest BCUT2D eigenvalue weighted by Gasteiger charge is 2.13. The molecule has 3 aromatic carbocycles. The minimum Gasteiger partial charge on any atom is -0.495 e. The highest BCUT2D eigenvalue weighted by molar-refractivity contribution is 7.98. The van der Waals surface area contributed by atoms with Crippen molar-refractivity contribution in [2.24, 2.45) is 0 Å². The first kappa shape index (κ1) is 25.1. The van der Waals surface area contributed by atoms with Gasteiger partial charge in [-0.1, -0.05) is 23.7 Å². The largest absolute Gasteiger partial charge is 0.495 e. The van der Waals surface area contributed by atoms with Gasteiger partial charge in [0.2, 0.25) is 5.91 Å². The second kappa shape index (κ2) is 12.1. The first-order chi connectivity index (χ1) is 16.3. The number of carbonyl (C=O) groups excluding carboxylic acids is 3. The number of ether oxygens (including phenoxy) is 2. The van der Waals surface area contributed by atoms with E-state index in [1.807, 2.05) is 36.4 Å². The van der Waals surface area contributed by atoms with Crippen molar-refractivity contribution < 1.29 is 23.9 Å². The number of nitrogens with one attached hydrogen (secondary N) is 2. The zero-order valence-corrected chi connectivity index (χ0v) is 20.2. The molecular formula is C25H23ClN2O5S. The maximum atomic E-state index is 12.3. The number of esters is 1. The van der Waals surface area contributed by atoms with Crippen molar-refractivity contribution in [3.63, 3.8) is 0 Å². The van der Waals surface area contributed by atoms with Crippen LogP contribution in [0.3, 0.4) is 0 Å². The van der Waals surface area contributed by atoms with Crippen LogP contribution >= 0.6 is 23.4 Å². The third-order valence-electron chi connectivity index (χ3n) is 4.54. The Morgan fingerprint density at radius 1 is 0.941 bits per heavy atom. The van der Waals surface area contributed by atoms with E-state index >= 15 is 0 Å². The monoisotopic (exact) mass is 498 g/mol. The number of hydrogen-bond donors (Lipinski definition) is 2. The van der Waals surface area contributed by atoms with Crippen LogP contribution in [0.25, 0.3) is 0 Å². The Balaban J connectivity index is 1.51. The van der Waals surface area contributed by atoms with Gasteiger partial charge in [-0.25, -0.2) is 4.79 Å². The number of thioether (sulfide) groups is 1. The lowest BCUT2D eigenvalue weighted by atomic mass is 10.1. The molecule has 0 aliphatic rings. The maximum absolute atomic E-state index is 12.3. The summed E-state index contributed by atoms with van der Waals surface area (Å²) in [7, 11) is 1.46. The van der Waals surface area contributed by atoms with E-state index in [2.05, 4.69) is 10.6 Å². The summed E-state index contributed by atoms with van der Waals surface area (Å²) in [5.41, 5.74) is 2.23. The van der Waals surface area contributed by atoms with Crippen LogP contribution in [0.4, 0.5) is 11.4 Å². The minimum absolute atomic E-state index is 0.244. The fraction of sp³-hybridized carbons (Fsp3) is 0.160. The molecule has 0 aliphatic carbocycles. The van der Waals surface area contributed by atoms with Gasteiger partial charge < -0.3 is 20.1 Å². The molecule has 34 heavy (non-hydrogen) atoms. The van der Waals surface area contributed by atoms with Crippen LogP contribution in [0.1, 0.15) is 22.8 Å². The number of anilines is 2. The highest BCUT2D eigenvalue weighted by atomic mass is 35.5. The number of rotatable bonds is 9. The van der Waals surface area contributed by atoms with Gasteiger partial charge in [-0.3, -0.25) is 9.59 Å². The lowest BCUT2D eigenvalue weighted by molar-refractivity contribution is -0.119.